The molecule has 2 aromatic rings. The van der Waals surface area contributed by atoms with Gasteiger partial charge in [-0.15, -0.1) is 0 Å². The Kier molecular flexibility index (Phi) is 6.42. The van der Waals surface area contributed by atoms with Crippen LogP contribution in [0, 0.1) is 5.92 Å². The fraction of sp³-hybridized carbons (Fsp3) is 0.286. The van der Waals surface area contributed by atoms with Gasteiger partial charge in [0.25, 0.3) is 5.92 Å². The number of rotatable bonds is 5. The molecular formula is C21H22F2IN3O2. The molecule has 1 heterocycles. The molecule has 8 heteroatoms. The van der Waals surface area contributed by atoms with Crippen molar-refractivity contribution in [3.63, 3.8) is 0 Å². The summed E-state index contributed by atoms with van der Waals surface area (Å²) in [5.41, 5.74) is 7.66. The van der Waals surface area contributed by atoms with Crippen LogP contribution in [0.1, 0.15) is 25.0 Å². The highest BCUT2D eigenvalue weighted by atomic mass is 127. The number of nitrogens with zero attached hydrogens (tertiary/aromatic N) is 1. The number of carbonyl (C=O) groups is 2. The van der Waals surface area contributed by atoms with E-state index in [0.717, 1.165) is 21.7 Å². The average molecular weight is 513 g/mol. The molecule has 1 unspecified atom stereocenters. The Morgan fingerprint density at radius 1 is 1.28 bits per heavy atom. The normalized spacial score (nSPS) is 17.4. The van der Waals surface area contributed by atoms with Crippen LogP contribution in [-0.4, -0.2) is 21.7 Å². The number of ketones is 1. The number of benzene rings is 2. The topological polar surface area (TPSA) is 75.4 Å². The van der Waals surface area contributed by atoms with Gasteiger partial charge in [-0.3, -0.25) is 9.59 Å². The van der Waals surface area contributed by atoms with Crippen molar-refractivity contribution in [1.29, 1.82) is 0 Å². The summed E-state index contributed by atoms with van der Waals surface area (Å²) in [6.45, 7) is 3.17. The van der Waals surface area contributed by atoms with Crippen LogP contribution in [0.2, 0.25) is 0 Å². The molecule has 1 amide bonds. The van der Waals surface area contributed by atoms with Gasteiger partial charge < -0.3 is 14.2 Å². The van der Waals surface area contributed by atoms with Gasteiger partial charge in [0.2, 0.25) is 5.91 Å². The molecule has 2 aromatic carbocycles. The summed E-state index contributed by atoms with van der Waals surface area (Å²) in [5.74, 6) is -4.55. The van der Waals surface area contributed by atoms with Crippen molar-refractivity contribution < 1.29 is 18.4 Å². The van der Waals surface area contributed by atoms with Crippen LogP contribution in [0.25, 0.3) is 0 Å². The van der Waals surface area contributed by atoms with Crippen molar-refractivity contribution in [3.05, 3.63) is 59.7 Å². The molecule has 29 heavy (non-hydrogen) atoms. The van der Waals surface area contributed by atoms with E-state index >= 15 is 0 Å². The van der Waals surface area contributed by atoms with Gasteiger partial charge in [0.05, 0.1) is 6.54 Å². The summed E-state index contributed by atoms with van der Waals surface area (Å²) in [5, 5.41) is 2.63. The van der Waals surface area contributed by atoms with Crippen LogP contribution in [-0.2, 0) is 22.1 Å². The van der Waals surface area contributed by atoms with Crippen molar-refractivity contribution in [2.45, 2.75) is 26.3 Å². The van der Waals surface area contributed by atoms with E-state index in [1.807, 2.05) is 34.3 Å². The lowest BCUT2D eigenvalue weighted by Crippen LogP contribution is -2.42. The lowest BCUT2D eigenvalue weighted by atomic mass is 9.99. The number of halogens is 3. The molecule has 0 aliphatic carbocycles. The van der Waals surface area contributed by atoms with E-state index in [-0.39, 0.29) is 23.6 Å². The first kappa shape index (κ1) is 21.5. The fourth-order valence-corrected chi connectivity index (χ4v) is 5.99. The second-order valence-corrected chi connectivity index (χ2v) is 10.3. The van der Waals surface area contributed by atoms with E-state index in [4.69, 9.17) is 5.73 Å². The Labute approximate surface area is 178 Å². The molecule has 0 fully saturated rings. The summed E-state index contributed by atoms with van der Waals surface area (Å²) >= 11 is -0.706. The monoisotopic (exact) mass is 513 g/mol. The lowest BCUT2D eigenvalue weighted by molar-refractivity contribution is -0.127. The Balaban J connectivity index is 1.79. The predicted octanol–water partition coefficient (Wildman–Crippen LogP) is 3.98. The van der Waals surface area contributed by atoms with Gasteiger partial charge in [0.1, 0.15) is 5.92 Å². The molecule has 0 saturated carbocycles. The average Bonchev–Trinajstić information content (AvgIpc) is 2.67. The van der Waals surface area contributed by atoms with Crippen molar-refractivity contribution >= 4 is 47.6 Å². The Hall–Kier alpha value is -2.20. The quantitative estimate of drug-likeness (QED) is 0.361. The minimum absolute atomic E-state index is 0.143. The van der Waals surface area contributed by atoms with E-state index in [2.05, 4.69) is 5.32 Å². The molecule has 0 aromatic heterocycles. The van der Waals surface area contributed by atoms with Crippen molar-refractivity contribution in [2.24, 2.45) is 11.7 Å². The number of alkyl halides is 2. The van der Waals surface area contributed by atoms with Gasteiger partial charge in [-0.2, -0.15) is 0 Å². The molecule has 154 valence electrons. The first-order valence-electron chi connectivity index (χ1n) is 9.06. The zero-order chi connectivity index (χ0) is 21.2. The minimum Gasteiger partial charge on any atom is -0.326 e. The number of nitrogens with two attached hydrogens (primary N) is 1. The number of amides is 1. The number of Topliss-reactive ketones (excluding diaryl/α,β-unsaturated/α-hetero) is 1. The van der Waals surface area contributed by atoms with Gasteiger partial charge in [-0.05, 0) is 61.3 Å². The molecular weight excluding hydrogens is 491 g/mol. The molecule has 0 spiro atoms. The van der Waals surface area contributed by atoms with Gasteiger partial charge in [0, 0.05) is 30.4 Å². The second kappa shape index (κ2) is 8.66. The van der Waals surface area contributed by atoms with Gasteiger partial charge in [-0.25, -0.2) is 8.78 Å². The third-order valence-electron chi connectivity index (χ3n) is 4.58. The summed E-state index contributed by atoms with van der Waals surface area (Å²) in [6.07, 6.45) is 0. The highest BCUT2D eigenvalue weighted by Gasteiger charge is 2.34. The number of hydrogen-bond donors (Lipinski definition) is 2. The first-order chi connectivity index (χ1) is 13.7. The molecule has 5 nitrogen and oxygen atoms in total. The van der Waals surface area contributed by atoms with E-state index in [1.54, 1.807) is 0 Å². The molecule has 0 radical (unpaired) electrons. The minimum atomic E-state index is -3.01. The fourth-order valence-electron chi connectivity index (χ4n) is 3.08. The highest BCUT2D eigenvalue weighted by Crippen LogP contribution is 2.31. The largest absolute Gasteiger partial charge is 0.326 e. The molecule has 3 N–H and O–H groups in total. The van der Waals surface area contributed by atoms with Crippen molar-refractivity contribution in [1.82, 2.24) is 0 Å². The van der Waals surface area contributed by atoms with Crippen LogP contribution in [0.15, 0.2) is 48.5 Å². The molecule has 1 aliphatic rings. The Morgan fingerprint density at radius 3 is 2.66 bits per heavy atom. The molecule has 1 aliphatic heterocycles. The predicted molar refractivity (Wildman–Crippen MR) is 120 cm³/mol. The van der Waals surface area contributed by atoms with Gasteiger partial charge in [-0.1, -0.05) is 24.3 Å². The van der Waals surface area contributed by atoms with Crippen LogP contribution < -0.4 is 14.2 Å². The molecule has 3 rings (SSSR count). The lowest BCUT2D eigenvalue weighted by Gasteiger charge is -2.28. The third kappa shape index (κ3) is 5.05. The molecule has 0 saturated heterocycles. The zero-order valence-corrected chi connectivity index (χ0v) is 18.2. The third-order valence-corrected chi connectivity index (χ3v) is 7.44. The second-order valence-electron chi connectivity index (χ2n) is 6.92. The molecule has 0 bridgehead atoms. The summed E-state index contributed by atoms with van der Waals surface area (Å²) < 4.78 is 29.9. The van der Waals surface area contributed by atoms with E-state index in [0.29, 0.717) is 6.54 Å². The van der Waals surface area contributed by atoms with E-state index < -0.39 is 38.8 Å². The maximum atomic E-state index is 13.5. The smallest absolute Gasteiger partial charge is 0.270 e. The zero-order valence-electron chi connectivity index (χ0n) is 16.1. The van der Waals surface area contributed by atoms with Crippen LogP contribution in [0.3, 0.4) is 0 Å². The standard InChI is InChI=1S/C21H22F2IN3O2/c1-13-19(20(29)26-16-7-4-6-15(10-16)21(2,22)23)18(28)12-27(24-13)17-8-3-5-14(9-17)11-25/h3-10,19H,11-12,25H2,1-2H3,(H,26,29). The summed E-state index contributed by atoms with van der Waals surface area (Å²) in [6, 6.07) is 13.2. The van der Waals surface area contributed by atoms with E-state index in [1.165, 1.54) is 24.3 Å². The SMILES string of the molecule is CC1=IN(c2cccc(CN)c2)CC(=O)C1C(=O)Nc1cccc(C(C)(F)F)c1. The first-order valence-corrected chi connectivity index (χ1v) is 11.1. The number of nitrogens with one attached hydrogen (secondary N) is 1. The van der Waals surface area contributed by atoms with Crippen molar-refractivity contribution in [3.8, 4) is 0 Å². The Bertz CT molecular complexity index is 972. The van der Waals surface area contributed by atoms with E-state index in [9.17, 15) is 18.4 Å². The Morgan fingerprint density at radius 2 is 2.00 bits per heavy atom. The van der Waals surface area contributed by atoms with Gasteiger partial charge in [0.15, 0.2) is 5.78 Å². The molecule has 1 atom stereocenters. The highest BCUT2D eigenvalue weighted by molar-refractivity contribution is 14.2. The summed E-state index contributed by atoms with van der Waals surface area (Å²) in [4.78, 5) is 25.5. The number of anilines is 2. The van der Waals surface area contributed by atoms with Crippen LogP contribution in [0.4, 0.5) is 20.2 Å². The van der Waals surface area contributed by atoms with Crippen molar-refractivity contribution in [2.75, 3.05) is 15.0 Å². The van der Waals surface area contributed by atoms with Crippen LogP contribution >= 0.6 is 21.0 Å². The number of carbonyl (C=O) groups excluding carboxylic acids is 2. The van der Waals surface area contributed by atoms with Crippen LogP contribution in [0.5, 0.6) is 0 Å². The maximum Gasteiger partial charge on any atom is 0.270 e. The van der Waals surface area contributed by atoms with Gasteiger partial charge >= 0.3 is 0 Å². The maximum absolute atomic E-state index is 13.5. The number of hydrogen-bond acceptors (Lipinski definition) is 4. The summed E-state index contributed by atoms with van der Waals surface area (Å²) in [7, 11) is 0.